The Morgan fingerprint density at radius 3 is 2.21 bits per heavy atom. The van der Waals surface area contributed by atoms with Crippen molar-refractivity contribution < 1.29 is 27.9 Å². The van der Waals surface area contributed by atoms with E-state index in [0.29, 0.717) is 29.9 Å². The zero-order valence-electron chi connectivity index (χ0n) is 19.3. The highest BCUT2D eigenvalue weighted by Crippen LogP contribution is 2.49. The van der Waals surface area contributed by atoms with E-state index in [1.54, 1.807) is 19.2 Å². The van der Waals surface area contributed by atoms with Gasteiger partial charge in [0.2, 0.25) is 0 Å². The van der Waals surface area contributed by atoms with Crippen molar-refractivity contribution in [3.63, 3.8) is 0 Å². The van der Waals surface area contributed by atoms with Gasteiger partial charge in [0.1, 0.15) is 5.75 Å². The summed E-state index contributed by atoms with van der Waals surface area (Å²) in [5, 5.41) is 0.0211. The van der Waals surface area contributed by atoms with E-state index >= 15 is 0 Å². The monoisotopic (exact) mass is 444 g/mol. The molecule has 1 N–H and O–H groups in total. The van der Waals surface area contributed by atoms with Gasteiger partial charge in [-0.15, -0.1) is 0 Å². The summed E-state index contributed by atoms with van der Waals surface area (Å²) in [6, 6.07) is 3.47. The zero-order valence-corrected chi connectivity index (χ0v) is 21.2. The van der Waals surface area contributed by atoms with Gasteiger partial charge < -0.3 is 18.6 Å². The molecule has 0 aliphatic carbocycles. The highest BCUT2D eigenvalue weighted by Gasteiger charge is 2.40. The van der Waals surface area contributed by atoms with E-state index in [2.05, 4.69) is 33.9 Å². The van der Waals surface area contributed by atoms with Crippen LogP contribution in [0.4, 0.5) is 0 Å². The lowest BCUT2D eigenvalue weighted by Gasteiger charge is -2.37. The molecular weight excluding hydrogens is 407 g/mol. The van der Waals surface area contributed by atoms with E-state index in [0.717, 1.165) is 5.56 Å². The van der Waals surface area contributed by atoms with E-state index in [4.69, 9.17) is 13.7 Å². The molecule has 0 bridgehead atoms. The summed E-state index contributed by atoms with van der Waals surface area (Å²) in [7, 11) is -4.66. The van der Waals surface area contributed by atoms with Crippen LogP contribution in [0.15, 0.2) is 12.1 Å². The molecule has 1 aromatic rings. The highest BCUT2D eigenvalue weighted by atomic mass is 31.2. The minimum absolute atomic E-state index is 0.0211. The lowest BCUT2D eigenvalue weighted by molar-refractivity contribution is -0.139. The van der Waals surface area contributed by atoms with E-state index in [9.17, 15) is 14.3 Å². The summed E-state index contributed by atoms with van der Waals surface area (Å²) in [5.41, 5.74) is 1.38. The van der Waals surface area contributed by atoms with Crippen LogP contribution in [0.2, 0.25) is 18.1 Å². The van der Waals surface area contributed by atoms with Crippen LogP contribution < -0.4 is 9.16 Å². The molecular formula is C21H37O6PSi. The summed E-state index contributed by atoms with van der Waals surface area (Å²) in [4.78, 5) is 22.4. The van der Waals surface area contributed by atoms with Crippen molar-refractivity contribution in [2.45, 2.75) is 78.7 Å². The minimum atomic E-state index is -4.12. The lowest BCUT2D eigenvalue weighted by Crippen LogP contribution is -2.44. The predicted octanol–water partition coefficient (Wildman–Crippen LogP) is 6.05. The number of carbonyl (C=O) groups excluding carboxylic acids is 1. The van der Waals surface area contributed by atoms with Gasteiger partial charge in [-0.25, -0.2) is 4.57 Å². The smallest absolute Gasteiger partial charge is 0.383 e. The number of benzene rings is 1. The van der Waals surface area contributed by atoms with Gasteiger partial charge in [-0.05, 0) is 55.1 Å². The van der Waals surface area contributed by atoms with Crippen molar-refractivity contribution >= 4 is 21.9 Å². The molecule has 0 saturated heterocycles. The maximum Gasteiger partial charge on any atom is 0.383 e. The summed E-state index contributed by atoms with van der Waals surface area (Å²) < 4.78 is 29.4. The summed E-state index contributed by atoms with van der Waals surface area (Å²) in [5.74, 6) is 0.176. The van der Waals surface area contributed by atoms with Gasteiger partial charge in [0.25, 0.3) is 8.32 Å². The third-order valence-electron chi connectivity index (χ3n) is 5.62. The largest absolute Gasteiger partial charge is 0.541 e. The normalized spacial score (nSPS) is 14.4. The van der Waals surface area contributed by atoms with Crippen LogP contribution in [0, 0.1) is 12.8 Å². The Morgan fingerprint density at radius 2 is 1.76 bits per heavy atom. The number of rotatable bonds is 9. The molecule has 0 radical (unpaired) electrons. The fourth-order valence-corrected chi connectivity index (χ4v) is 4.91. The Hall–Kier alpha value is -1.30. The van der Waals surface area contributed by atoms with E-state index < -0.39 is 21.9 Å². The average molecular weight is 445 g/mol. The van der Waals surface area contributed by atoms with Gasteiger partial charge in [-0.3, -0.25) is 4.79 Å². The number of methoxy groups -OCH3 is 1. The second-order valence-electron chi connectivity index (χ2n) is 9.03. The Bertz CT molecular complexity index is 765. The average Bonchev–Trinajstić information content (AvgIpc) is 2.56. The number of ether oxygens (including phenoxy) is 1. The van der Waals surface area contributed by atoms with E-state index in [-0.39, 0.29) is 17.1 Å². The SMILES string of the molecule is CCC(CC)C(=O)OP(=O)(O)Cc1cc(C)c(O[Si](C)(C)C(C)(C)C)c(OC)c1. The molecule has 6 nitrogen and oxygen atoms in total. The molecule has 8 heteroatoms. The van der Waals surface area contributed by atoms with Crippen molar-refractivity contribution in [1.82, 2.24) is 0 Å². The second-order valence-corrected chi connectivity index (χ2v) is 15.5. The Morgan fingerprint density at radius 1 is 1.21 bits per heavy atom. The van der Waals surface area contributed by atoms with Gasteiger partial charge >= 0.3 is 13.6 Å². The van der Waals surface area contributed by atoms with Crippen molar-refractivity contribution in [3.05, 3.63) is 23.3 Å². The van der Waals surface area contributed by atoms with E-state index in [1.165, 1.54) is 0 Å². The molecule has 0 heterocycles. The number of carbonyl (C=O) groups is 1. The van der Waals surface area contributed by atoms with Gasteiger partial charge in [0.15, 0.2) is 5.75 Å². The Kier molecular flexibility index (Phi) is 8.58. The van der Waals surface area contributed by atoms with Crippen LogP contribution >= 0.6 is 7.60 Å². The third kappa shape index (κ3) is 6.87. The maximum absolute atomic E-state index is 12.5. The molecule has 1 unspecified atom stereocenters. The van der Waals surface area contributed by atoms with Crippen molar-refractivity contribution in [3.8, 4) is 11.5 Å². The molecule has 1 aromatic carbocycles. The standard InChI is InChI=1S/C21H37O6PSi/c1-10-17(11-2)20(22)26-28(23,24)14-16-12-15(3)19(18(13-16)25-7)27-29(8,9)21(4,5)6/h12-13,17H,10-11,14H2,1-9H3,(H,23,24). The van der Waals surface area contributed by atoms with Crippen LogP contribution in [0.3, 0.4) is 0 Å². The number of hydrogen-bond donors (Lipinski definition) is 1. The fraction of sp³-hybridized carbons (Fsp3) is 0.667. The zero-order chi connectivity index (χ0) is 22.6. The first-order valence-electron chi connectivity index (χ1n) is 10.1. The maximum atomic E-state index is 12.5. The van der Waals surface area contributed by atoms with Crippen molar-refractivity contribution in [2.24, 2.45) is 5.92 Å². The first-order chi connectivity index (χ1) is 13.2. The van der Waals surface area contributed by atoms with Crippen LogP contribution in [-0.4, -0.2) is 26.3 Å². The minimum Gasteiger partial charge on any atom is -0.541 e. The second kappa shape index (κ2) is 9.67. The summed E-state index contributed by atoms with van der Waals surface area (Å²) >= 11 is 0. The lowest BCUT2D eigenvalue weighted by atomic mass is 10.0. The molecule has 29 heavy (non-hydrogen) atoms. The van der Waals surface area contributed by atoms with E-state index in [1.807, 2.05) is 20.8 Å². The highest BCUT2D eigenvalue weighted by molar-refractivity contribution is 7.52. The molecule has 1 rings (SSSR count). The quantitative estimate of drug-likeness (QED) is 0.369. The number of hydrogen-bond acceptors (Lipinski definition) is 5. The Balaban J connectivity index is 3.13. The molecule has 166 valence electrons. The van der Waals surface area contributed by atoms with Crippen molar-refractivity contribution in [1.29, 1.82) is 0 Å². The number of aryl methyl sites for hydroxylation is 1. The van der Waals surface area contributed by atoms with Crippen LogP contribution in [0.25, 0.3) is 0 Å². The van der Waals surface area contributed by atoms with Gasteiger partial charge in [-0.1, -0.05) is 40.7 Å². The first kappa shape index (κ1) is 25.7. The van der Waals surface area contributed by atoms with Crippen LogP contribution in [0.5, 0.6) is 11.5 Å². The molecule has 1 atom stereocenters. The first-order valence-corrected chi connectivity index (χ1v) is 14.8. The third-order valence-corrected chi connectivity index (χ3v) is 11.2. The molecule has 0 aliphatic rings. The molecule has 0 saturated carbocycles. The van der Waals surface area contributed by atoms with Crippen molar-refractivity contribution in [2.75, 3.05) is 7.11 Å². The van der Waals surface area contributed by atoms with Gasteiger partial charge in [-0.2, -0.15) is 0 Å². The molecule has 0 fully saturated rings. The van der Waals surface area contributed by atoms with Gasteiger partial charge in [0.05, 0.1) is 19.2 Å². The molecule has 0 spiro atoms. The Labute approximate surface area is 176 Å². The predicted molar refractivity (Wildman–Crippen MR) is 119 cm³/mol. The fourth-order valence-electron chi connectivity index (χ4n) is 2.70. The van der Waals surface area contributed by atoms with Gasteiger partial charge in [0, 0.05) is 0 Å². The summed E-state index contributed by atoms with van der Waals surface area (Å²) in [6.45, 7) is 16.4. The molecule has 0 amide bonds. The van der Waals surface area contributed by atoms with Crippen LogP contribution in [-0.2, 0) is 20.0 Å². The molecule has 0 aliphatic heterocycles. The topological polar surface area (TPSA) is 82.1 Å². The van der Waals surface area contributed by atoms with Crippen LogP contribution in [0.1, 0.15) is 58.6 Å². The summed E-state index contributed by atoms with van der Waals surface area (Å²) in [6.07, 6.45) is 0.875. The molecule has 0 aromatic heterocycles.